The van der Waals surface area contributed by atoms with Crippen LogP contribution in [0.15, 0.2) is 24.3 Å². The molecule has 2 aliphatic heterocycles. The number of nitrogens with one attached hydrogen (secondary N) is 4. The SMILES string of the molecule is CC(CCNC(=O)C1NNC2CCNCC21)c1cccc(C(F)(F)F)c1.Cl. The first kappa shape index (κ1) is 21.9. The molecule has 2 saturated heterocycles. The number of hydrogen-bond donors (Lipinski definition) is 4. The van der Waals surface area contributed by atoms with Gasteiger partial charge in [-0.3, -0.25) is 10.2 Å². The van der Waals surface area contributed by atoms with Crippen LogP contribution in [0.3, 0.4) is 0 Å². The van der Waals surface area contributed by atoms with Gasteiger partial charge in [0.1, 0.15) is 6.04 Å². The molecule has 5 nitrogen and oxygen atoms in total. The number of alkyl halides is 3. The number of halogens is 4. The Bertz CT molecular complexity index is 643. The first-order valence-electron chi connectivity index (χ1n) is 9.03. The van der Waals surface area contributed by atoms with Crippen LogP contribution in [0.25, 0.3) is 0 Å². The van der Waals surface area contributed by atoms with Gasteiger partial charge in [-0.1, -0.05) is 25.1 Å². The number of benzene rings is 1. The van der Waals surface area contributed by atoms with Gasteiger partial charge < -0.3 is 10.6 Å². The number of fused-ring (bicyclic) bond motifs is 1. The minimum atomic E-state index is -4.34. The van der Waals surface area contributed by atoms with Crippen molar-refractivity contribution < 1.29 is 18.0 Å². The van der Waals surface area contributed by atoms with Crippen molar-refractivity contribution in [3.8, 4) is 0 Å². The molecule has 152 valence electrons. The Balaban J connectivity index is 0.00000261. The lowest BCUT2D eigenvalue weighted by molar-refractivity contribution is -0.137. The van der Waals surface area contributed by atoms with Gasteiger partial charge in [0.05, 0.1) is 5.56 Å². The predicted molar refractivity (Wildman–Crippen MR) is 99.6 cm³/mol. The molecule has 2 fully saturated rings. The van der Waals surface area contributed by atoms with Crippen molar-refractivity contribution in [3.63, 3.8) is 0 Å². The number of hydrogen-bond acceptors (Lipinski definition) is 4. The minimum absolute atomic E-state index is 0. The molecule has 0 spiro atoms. The summed E-state index contributed by atoms with van der Waals surface area (Å²) in [4.78, 5) is 12.4. The highest BCUT2D eigenvalue weighted by Gasteiger charge is 2.40. The fourth-order valence-corrected chi connectivity index (χ4v) is 3.69. The van der Waals surface area contributed by atoms with E-state index in [0.29, 0.717) is 24.6 Å². The zero-order valence-corrected chi connectivity index (χ0v) is 15.9. The van der Waals surface area contributed by atoms with Crippen LogP contribution in [0.2, 0.25) is 0 Å². The maximum Gasteiger partial charge on any atom is 0.416 e. The molecule has 2 aliphatic rings. The molecule has 1 aromatic rings. The Morgan fingerprint density at radius 3 is 2.85 bits per heavy atom. The van der Waals surface area contributed by atoms with E-state index in [1.54, 1.807) is 6.07 Å². The molecule has 0 aliphatic carbocycles. The average molecular weight is 407 g/mol. The minimum Gasteiger partial charge on any atom is -0.355 e. The molecule has 4 unspecified atom stereocenters. The zero-order valence-electron chi connectivity index (χ0n) is 15.1. The van der Waals surface area contributed by atoms with Gasteiger partial charge in [0.15, 0.2) is 0 Å². The zero-order chi connectivity index (χ0) is 18.7. The van der Waals surface area contributed by atoms with Crippen LogP contribution in [0.1, 0.15) is 36.8 Å². The molecule has 0 aromatic heterocycles. The topological polar surface area (TPSA) is 65.2 Å². The summed E-state index contributed by atoms with van der Waals surface area (Å²) in [6.45, 7) is 4.04. The Labute approximate surface area is 163 Å². The van der Waals surface area contributed by atoms with E-state index in [1.807, 2.05) is 6.92 Å². The molecule has 0 saturated carbocycles. The summed E-state index contributed by atoms with van der Waals surface area (Å²) in [5.41, 5.74) is 6.24. The molecule has 3 rings (SSSR count). The summed E-state index contributed by atoms with van der Waals surface area (Å²) in [5, 5.41) is 6.21. The van der Waals surface area contributed by atoms with Crippen LogP contribution in [-0.2, 0) is 11.0 Å². The van der Waals surface area contributed by atoms with Crippen LogP contribution in [0.5, 0.6) is 0 Å². The van der Waals surface area contributed by atoms with Crippen molar-refractivity contribution in [2.24, 2.45) is 5.92 Å². The number of carbonyl (C=O) groups excluding carboxylic acids is 1. The van der Waals surface area contributed by atoms with Crippen molar-refractivity contribution in [2.45, 2.75) is 43.9 Å². The number of carbonyl (C=O) groups is 1. The summed E-state index contributed by atoms with van der Waals surface area (Å²) in [7, 11) is 0. The van der Waals surface area contributed by atoms with E-state index in [0.717, 1.165) is 25.6 Å². The molecule has 2 heterocycles. The van der Waals surface area contributed by atoms with Crippen LogP contribution in [0.4, 0.5) is 13.2 Å². The van der Waals surface area contributed by atoms with Crippen LogP contribution in [-0.4, -0.2) is 37.6 Å². The maximum absolute atomic E-state index is 12.8. The van der Waals surface area contributed by atoms with E-state index in [1.165, 1.54) is 12.1 Å². The summed E-state index contributed by atoms with van der Waals surface area (Å²) >= 11 is 0. The average Bonchev–Trinajstić information content (AvgIpc) is 3.05. The molecule has 27 heavy (non-hydrogen) atoms. The Morgan fingerprint density at radius 1 is 1.33 bits per heavy atom. The summed E-state index contributed by atoms with van der Waals surface area (Å²) in [5.74, 6) is 0.0749. The summed E-state index contributed by atoms with van der Waals surface area (Å²) in [6, 6.07) is 5.41. The van der Waals surface area contributed by atoms with Crippen molar-refractivity contribution in [1.82, 2.24) is 21.5 Å². The standard InChI is InChI=1S/C18H25F3N4O.ClH/c1-11(12-3-2-4-13(9-12)18(19,20)21)5-8-23-17(26)16-14-10-22-7-6-15(14)24-25-16;/h2-4,9,11,14-16,22,24-25H,5-8,10H2,1H3,(H,23,26);1H. The predicted octanol–water partition coefficient (Wildman–Crippen LogP) is 2.19. The molecule has 4 atom stereocenters. The molecule has 9 heteroatoms. The van der Waals surface area contributed by atoms with Gasteiger partial charge in [-0.2, -0.15) is 13.2 Å². The highest BCUT2D eigenvalue weighted by atomic mass is 35.5. The monoisotopic (exact) mass is 406 g/mol. The van der Waals surface area contributed by atoms with Gasteiger partial charge in [0.2, 0.25) is 5.91 Å². The lowest BCUT2D eigenvalue weighted by atomic mass is 9.89. The van der Waals surface area contributed by atoms with Gasteiger partial charge in [0, 0.05) is 25.0 Å². The number of piperidine rings is 1. The van der Waals surface area contributed by atoms with Crippen molar-refractivity contribution in [3.05, 3.63) is 35.4 Å². The van der Waals surface area contributed by atoms with Gasteiger partial charge in [-0.15, -0.1) is 12.4 Å². The van der Waals surface area contributed by atoms with Crippen LogP contribution in [0, 0.1) is 5.92 Å². The maximum atomic E-state index is 12.8. The summed E-state index contributed by atoms with van der Waals surface area (Å²) < 4.78 is 38.5. The molecular weight excluding hydrogens is 381 g/mol. The highest BCUT2D eigenvalue weighted by Crippen LogP contribution is 2.31. The molecule has 0 bridgehead atoms. The number of rotatable bonds is 5. The molecule has 4 N–H and O–H groups in total. The van der Waals surface area contributed by atoms with Crippen LogP contribution < -0.4 is 21.5 Å². The first-order chi connectivity index (χ1) is 12.4. The van der Waals surface area contributed by atoms with E-state index >= 15 is 0 Å². The lowest BCUT2D eigenvalue weighted by Gasteiger charge is -2.27. The van der Waals surface area contributed by atoms with Gasteiger partial charge >= 0.3 is 6.18 Å². The molecule has 1 amide bonds. The second-order valence-electron chi connectivity index (χ2n) is 7.13. The second kappa shape index (κ2) is 9.23. The van der Waals surface area contributed by atoms with Gasteiger partial charge in [0.25, 0.3) is 0 Å². The van der Waals surface area contributed by atoms with Gasteiger partial charge in [-0.05, 0) is 36.9 Å². The van der Waals surface area contributed by atoms with E-state index < -0.39 is 11.7 Å². The van der Waals surface area contributed by atoms with E-state index in [9.17, 15) is 18.0 Å². The molecule has 1 aromatic carbocycles. The first-order valence-corrected chi connectivity index (χ1v) is 9.03. The normalized spacial score (nSPS) is 26.0. The van der Waals surface area contributed by atoms with Crippen molar-refractivity contribution >= 4 is 18.3 Å². The third-order valence-corrected chi connectivity index (χ3v) is 5.32. The third-order valence-electron chi connectivity index (χ3n) is 5.32. The largest absolute Gasteiger partial charge is 0.416 e. The van der Waals surface area contributed by atoms with E-state index in [4.69, 9.17) is 0 Å². The number of hydrazine groups is 1. The highest BCUT2D eigenvalue weighted by molar-refractivity contribution is 5.85. The third kappa shape index (κ3) is 5.34. The van der Waals surface area contributed by atoms with Crippen molar-refractivity contribution in [2.75, 3.05) is 19.6 Å². The molecular formula is C18H26ClF3N4O. The Morgan fingerprint density at radius 2 is 2.11 bits per heavy atom. The fourth-order valence-electron chi connectivity index (χ4n) is 3.69. The van der Waals surface area contributed by atoms with Crippen molar-refractivity contribution in [1.29, 1.82) is 0 Å². The van der Waals surface area contributed by atoms with Gasteiger partial charge in [-0.25, -0.2) is 5.43 Å². The summed E-state index contributed by atoms with van der Waals surface area (Å²) in [6.07, 6.45) is -2.77. The molecule has 0 radical (unpaired) electrons. The van der Waals surface area contributed by atoms with E-state index in [-0.39, 0.29) is 36.2 Å². The Kier molecular flexibility index (Phi) is 7.50. The lowest BCUT2D eigenvalue weighted by Crippen LogP contribution is -2.49. The fraction of sp³-hybridized carbons (Fsp3) is 0.611. The van der Waals surface area contributed by atoms with E-state index in [2.05, 4.69) is 21.5 Å². The smallest absolute Gasteiger partial charge is 0.355 e. The number of amides is 1. The second-order valence-corrected chi connectivity index (χ2v) is 7.13. The quantitative estimate of drug-likeness (QED) is 0.605. The Hall–Kier alpha value is -1.35. The van der Waals surface area contributed by atoms with Crippen LogP contribution >= 0.6 is 12.4 Å².